The molecule has 3 atom stereocenters. The van der Waals surface area contributed by atoms with Crippen LogP contribution in [0.2, 0.25) is 0 Å². The van der Waals surface area contributed by atoms with Crippen LogP contribution in [0.25, 0.3) is 0 Å². The molecule has 0 bridgehead atoms. The molecule has 116 valence electrons. The summed E-state index contributed by atoms with van der Waals surface area (Å²) >= 11 is 0. The van der Waals surface area contributed by atoms with Gasteiger partial charge in [-0.2, -0.15) is 0 Å². The summed E-state index contributed by atoms with van der Waals surface area (Å²) in [5, 5.41) is 2.49. The molecule has 0 aromatic heterocycles. The smallest absolute Gasteiger partial charge is 0.0491 e. The molecule has 1 aromatic rings. The van der Waals surface area contributed by atoms with Crippen LogP contribution >= 0.6 is 0 Å². The van der Waals surface area contributed by atoms with Crippen LogP contribution in [0.4, 0.5) is 0 Å². The van der Waals surface area contributed by atoms with E-state index in [0.29, 0.717) is 18.6 Å². The molecule has 1 heterocycles. The number of fused-ring (bicyclic) bond motifs is 1. The van der Waals surface area contributed by atoms with Gasteiger partial charge in [0, 0.05) is 24.2 Å². The summed E-state index contributed by atoms with van der Waals surface area (Å²) in [5.74, 6) is 0. The van der Waals surface area contributed by atoms with Crippen molar-refractivity contribution >= 4 is 0 Å². The minimum atomic E-state index is 0.0359. The molecule has 0 spiro atoms. The lowest BCUT2D eigenvalue weighted by Gasteiger charge is -2.48. The first-order chi connectivity index (χ1) is 10.1. The SMILES string of the molecule is CC1CCCC(C)N1NC1(CN)CCc2ccccc2C1. The normalized spacial score (nSPS) is 33.7. The van der Waals surface area contributed by atoms with Crippen LogP contribution in [-0.4, -0.2) is 29.2 Å². The number of nitrogens with zero attached hydrogens (tertiary/aromatic N) is 1. The Labute approximate surface area is 128 Å². The highest BCUT2D eigenvalue weighted by Crippen LogP contribution is 2.30. The molecule has 3 N–H and O–H groups in total. The van der Waals surface area contributed by atoms with Crippen molar-refractivity contribution in [3.8, 4) is 0 Å². The van der Waals surface area contributed by atoms with Gasteiger partial charge >= 0.3 is 0 Å². The fraction of sp³-hybridized carbons (Fsp3) is 0.667. The molecule has 1 aromatic carbocycles. The van der Waals surface area contributed by atoms with Gasteiger partial charge in [0.2, 0.25) is 0 Å². The Morgan fingerprint density at radius 1 is 1.19 bits per heavy atom. The number of rotatable bonds is 3. The van der Waals surface area contributed by atoms with Gasteiger partial charge in [-0.1, -0.05) is 30.7 Å². The van der Waals surface area contributed by atoms with E-state index in [2.05, 4.69) is 48.5 Å². The minimum Gasteiger partial charge on any atom is -0.329 e. The van der Waals surface area contributed by atoms with Gasteiger partial charge in [-0.15, -0.1) is 0 Å². The standard InChI is InChI=1S/C18H29N3/c1-14-6-5-7-15(2)21(14)20-18(13-19)11-10-16-8-3-4-9-17(16)12-18/h3-4,8-9,14-15,20H,5-7,10-13,19H2,1-2H3. The highest BCUT2D eigenvalue weighted by atomic mass is 15.6. The van der Waals surface area contributed by atoms with Gasteiger partial charge in [0.25, 0.3) is 0 Å². The number of nitrogens with two attached hydrogens (primary N) is 1. The minimum absolute atomic E-state index is 0.0359. The Hall–Kier alpha value is -0.900. The monoisotopic (exact) mass is 287 g/mol. The van der Waals surface area contributed by atoms with Crippen molar-refractivity contribution in [2.45, 2.75) is 70.0 Å². The topological polar surface area (TPSA) is 41.3 Å². The summed E-state index contributed by atoms with van der Waals surface area (Å²) < 4.78 is 0. The van der Waals surface area contributed by atoms with E-state index in [4.69, 9.17) is 5.73 Å². The molecule has 2 aliphatic rings. The second-order valence-corrected chi connectivity index (χ2v) is 7.08. The van der Waals surface area contributed by atoms with Crippen molar-refractivity contribution in [1.29, 1.82) is 0 Å². The molecular weight excluding hydrogens is 258 g/mol. The Balaban J connectivity index is 1.79. The molecule has 3 rings (SSSR count). The molecule has 1 aliphatic heterocycles. The van der Waals surface area contributed by atoms with Crippen LogP contribution in [0.3, 0.4) is 0 Å². The van der Waals surface area contributed by atoms with Gasteiger partial charge in [-0.25, -0.2) is 10.4 Å². The molecule has 3 nitrogen and oxygen atoms in total. The molecule has 1 fully saturated rings. The first kappa shape index (κ1) is 15.0. The molecule has 1 saturated heterocycles. The first-order valence-electron chi connectivity index (χ1n) is 8.46. The third kappa shape index (κ3) is 3.01. The predicted molar refractivity (Wildman–Crippen MR) is 88.0 cm³/mol. The summed E-state index contributed by atoms with van der Waals surface area (Å²) in [6, 6.07) is 10.0. The van der Waals surface area contributed by atoms with Gasteiger partial charge in [0.15, 0.2) is 0 Å². The molecule has 1 aliphatic carbocycles. The maximum Gasteiger partial charge on any atom is 0.0491 e. The Morgan fingerprint density at radius 3 is 2.52 bits per heavy atom. The van der Waals surface area contributed by atoms with Crippen LogP contribution in [0.1, 0.15) is 50.7 Å². The zero-order valence-electron chi connectivity index (χ0n) is 13.4. The molecule has 0 saturated carbocycles. The fourth-order valence-corrected chi connectivity index (χ4v) is 4.03. The lowest BCUT2D eigenvalue weighted by Crippen LogP contribution is -2.65. The molecular formula is C18H29N3. The van der Waals surface area contributed by atoms with Crippen LogP contribution < -0.4 is 11.2 Å². The lowest BCUT2D eigenvalue weighted by molar-refractivity contribution is -0.00244. The summed E-state index contributed by atoms with van der Waals surface area (Å²) in [5.41, 5.74) is 13.1. The summed E-state index contributed by atoms with van der Waals surface area (Å²) in [6.45, 7) is 5.38. The van der Waals surface area contributed by atoms with Crippen LogP contribution in [0.15, 0.2) is 24.3 Å². The van der Waals surface area contributed by atoms with Gasteiger partial charge in [-0.05, 0) is 57.1 Å². The predicted octanol–water partition coefficient (Wildman–Crippen LogP) is 2.64. The zero-order chi connectivity index (χ0) is 14.9. The van der Waals surface area contributed by atoms with E-state index in [1.807, 2.05) is 0 Å². The number of hydrogen-bond donors (Lipinski definition) is 2. The Kier molecular flexibility index (Phi) is 4.34. The number of hydrogen-bond acceptors (Lipinski definition) is 3. The summed E-state index contributed by atoms with van der Waals surface area (Å²) in [4.78, 5) is 0. The van der Waals surface area contributed by atoms with E-state index in [1.54, 1.807) is 0 Å². The molecule has 0 amide bonds. The Morgan fingerprint density at radius 2 is 1.86 bits per heavy atom. The van der Waals surface area contributed by atoms with Crippen molar-refractivity contribution in [2.75, 3.05) is 6.54 Å². The summed E-state index contributed by atoms with van der Waals surface area (Å²) in [7, 11) is 0. The molecule has 3 unspecified atom stereocenters. The maximum absolute atomic E-state index is 6.21. The third-order valence-corrected chi connectivity index (χ3v) is 5.47. The van der Waals surface area contributed by atoms with Crippen molar-refractivity contribution in [3.63, 3.8) is 0 Å². The second kappa shape index (κ2) is 6.07. The highest BCUT2D eigenvalue weighted by Gasteiger charge is 2.37. The number of nitrogens with one attached hydrogen (secondary N) is 1. The average Bonchev–Trinajstić information content (AvgIpc) is 2.51. The quantitative estimate of drug-likeness (QED) is 0.898. The number of hydrazine groups is 1. The fourth-order valence-electron chi connectivity index (χ4n) is 4.03. The molecule has 3 heteroatoms. The van der Waals surface area contributed by atoms with Gasteiger partial charge in [-0.3, -0.25) is 0 Å². The molecule has 0 radical (unpaired) electrons. The van der Waals surface area contributed by atoms with Crippen LogP contribution in [0.5, 0.6) is 0 Å². The molecule has 21 heavy (non-hydrogen) atoms. The van der Waals surface area contributed by atoms with E-state index in [0.717, 1.165) is 19.3 Å². The average molecular weight is 287 g/mol. The zero-order valence-corrected chi connectivity index (χ0v) is 13.4. The first-order valence-corrected chi connectivity index (χ1v) is 8.46. The largest absolute Gasteiger partial charge is 0.329 e. The van der Waals surface area contributed by atoms with E-state index < -0.39 is 0 Å². The van der Waals surface area contributed by atoms with Gasteiger partial charge < -0.3 is 5.73 Å². The van der Waals surface area contributed by atoms with E-state index >= 15 is 0 Å². The number of benzene rings is 1. The van der Waals surface area contributed by atoms with Crippen molar-refractivity contribution in [1.82, 2.24) is 10.4 Å². The van der Waals surface area contributed by atoms with Gasteiger partial charge in [0.1, 0.15) is 0 Å². The van der Waals surface area contributed by atoms with Crippen LogP contribution in [-0.2, 0) is 12.8 Å². The van der Waals surface area contributed by atoms with E-state index in [1.165, 1.54) is 30.4 Å². The number of piperidine rings is 1. The van der Waals surface area contributed by atoms with Gasteiger partial charge in [0.05, 0.1) is 0 Å². The lowest BCUT2D eigenvalue weighted by atomic mass is 9.78. The second-order valence-electron chi connectivity index (χ2n) is 7.08. The van der Waals surface area contributed by atoms with E-state index in [-0.39, 0.29) is 5.54 Å². The summed E-state index contributed by atoms with van der Waals surface area (Å²) in [6.07, 6.45) is 7.24. The Bertz CT molecular complexity index is 477. The van der Waals surface area contributed by atoms with Crippen molar-refractivity contribution in [3.05, 3.63) is 35.4 Å². The van der Waals surface area contributed by atoms with E-state index in [9.17, 15) is 0 Å². The highest BCUT2D eigenvalue weighted by molar-refractivity contribution is 5.32. The van der Waals surface area contributed by atoms with Crippen molar-refractivity contribution < 1.29 is 0 Å². The van der Waals surface area contributed by atoms with Crippen LogP contribution in [0, 0.1) is 0 Å². The third-order valence-electron chi connectivity index (χ3n) is 5.47. The number of aryl methyl sites for hydroxylation is 1. The maximum atomic E-state index is 6.21. The van der Waals surface area contributed by atoms with Crippen molar-refractivity contribution in [2.24, 2.45) is 5.73 Å².